The summed E-state index contributed by atoms with van der Waals surface area (Å²) in [5.41, 5.74) is 3.48. The first-order valence-corrected chi connectivity index (χ1v) is 11.5. The molecule has 1 amide bonds. The third kappa shape index (κ3) is 4.11. The Bertz CT molecular complexity index is 1240. The summed E-state index contributed by atoms with van der Waals surface area (Å²) in [6, 6.07) is 12.6. The largest absolute Gasteiger partial charge is 0.338 e. The minimum Gasteiger partial charge on any atom is -0.338 e. The van der Waals surface area contributed by atoms with E-state index < -0.39 is 10.0 Å². The first-order chi connectivity index (χ1) is 14.8. The van der Waals surface area contributed by atoms with Gasteiger partial charge in [-0.05, 0) is 49.1 Å². The number of anilines is 1. The molecule has 0 unspecified atom stereocenters. The second-order valence-electron chi connectivity index (χ2n) is 7.65. The average Bonchev–Trinajstić information content (AvgIpc) is 3.21. The van der Waals surface area contributed by atoms with E-state index in [2.05, 4.69) is 10.1 Å². The Labute approximate surface area is 181 Å². The molecule has 0 N–H and O–H groups in total. The molecule has 31 heavy (non-hydrogen) atoms. The number of fused-ring (bicyclic) bond motifs is 1. The quantitative estimate of drug-likeness (QED) is 0.605. The van der Waals surface area contributed by atoms with Crippen molar-refractivity contribution in [3.8, 4) is 11.4 Å². The fraction of sp³-hybridized carbons (Fsp3) is 0.318. The van der Waals surface area contributed by atoms with Crippen LogP contribution in [0.4, 0.5) is 5.69 Å². The van der Waals surface area contributed by atoms with Crippen molar-refractivity contribution in [2.75, 3.05) is 18.5 Å². The third-order valence-electron chi connectivity index (χ3n) is 5.47. The van der Waals surface area contributed by atoms with Gasteiger partial charge in [0.05, 0.1) is 11.4 Å². The Morgan fingerprint density at radius 3 is 2.74 bits per heavy atom. The zero-order valence-electron chi connectivity index (χ0n) is 17.7. The molecular weight excluding hydrogens is 416 g/mol. The van der Waals surface area contributed by atoms with Crippen molar-refractivity contribution in [1.82, 2.24) is 14.4 Å². The maximum Gasteiger partial charge on any atom is 0.243 e. The number of carbonyl (C=O) groups excluding carboxylic acids is 1. The van der Waals surface area contributed by atoms with Crippen molar-refractivity contribution < 1.29 is 17.7 Å². The summed E-state index contributed by atoms with van der Waals surface area (Å²) in [7, 11) is -2.29. The predicted octanol–water partition coefficient (Wildman–Crippen LogP) is 3.16. The van der Waals surface area contributed by atoms with Crippen LogP contribution in [0.15, 0.2) is 51.9 Å². The van der Waals surface area contributed by atoms with Gasteiger partial charge in [0.1, 0.15) is 0 Å². The maximum atomic E-state index is 13.1. The highest BCUT2D eigenvalue weighted by Gasteiger charge is 2.27. The van der Waals surface area contributed by atoms with E-state index >= 15 is 0 Å². The molecule has 1 aliphatic heterocycles. The van der Waals surface area contributed by atoms with Crippen molar-refractivity contribution in [2.45, 2.75) is 38.1 Å². The van der Waals surface area contributed by atoms with Gasteiger partial charge in [0.2, 0.25) is 27.6 Å². The molecular formula is C22H24N4O4S. The van der Waals surface area contributed by atoms with Crippen molar-refractivity contribution in [2.24, 2.45) is 0 Å². The van der Waals surface area contributed by atoms with Gasteiger partial charge in [-0.25, -0.2) is 8.42 Å². The highest BCUT2D eigenvalue weighted by atomic mass is 32.2. The van der Waals surface area contributed by atoms with E-state index in [0.29, 0.717) is 12.4 Å². The van der Waals surface area contributed by atoms with Crippen molar-refractivity contribution >= 4 is 21.6 Å². The van der Waals surface area contributed by atoms with E-state index in [4.69, 9.17) is 4.52 Å². The summed E-state index contributed by atoms with van der Waals surface area (Å²) in [6.07, 6.45) is 1.53. The molecule has 9 heteroatoms. The van der Waals surface area contributed by atoms with E-state index in [9.17, 15) is 13.2 Å². The zero-order valence-corrected chi connectivity index (χ0v) is 18.5. The van der Waals surface area contributed by atoms with E-state index in [0.717, 1.165) is 35.2 Å². The summed E-state index contributed by atoms with van der Waals surface area (Å²) in [5, 5.41) is 3.99. The van der Waals surface area contributed by atoms with Crippen LogP contribution < -0.4 is 4.90 Å². The second-order valence-corrected chi connectivity index (χ2v) is 9.70. The SMILES string of the molecule is CC(=O)N1CCCc2cc(S(=O)(=O)N(C)Cc3nc(-c4ccccc4C)no3)ccc21. The Morgan fingerprint density at radius 2 is 2.00 bits per heavy atom. The number of hydrogen-bond acceptors (Lipinski definition) is 6. The summed E-state index contributed by atoms with van der Waals surface area (Å²) in [4.78, 5) is 18.1. The van der Waals surface area contributed by atoms with Gasteiger partial charge in [-0.15, -0.1) is 0 Å². The molecule has 0 atom stereocenters. The summed E-state index contributed by atoms with van der Waals surface area (Å²) < 4.78 is 32.7. The number of aromatic nitrogens is 2. The van der Waals surface area contributed by atoms with Crippen LogP contribution in [0.2, 0.25) is 0 Å². The van der Waals surface area contributed by atoms with Crippen molar-refractivity contribution in [3.05, 3.63) is 59.5 Å². The molecule has 1 aliphatic rings. The highest BCUT2D eigenvalue weighted by Crippen LogP contribution is 2.30. The molecule has 3 aromatic rings. The molecule has 0 fully saturated rings. The van der Waals surface area contributed by atoms with Gasteiger partial charge in [0.15, 0.2) is 0 Å². The van der Waals surface area contributed by atoms with Crippen LogP contribution in [0.1, 0.15) is 30.4 Å². The van der Waals surface area contributed by atoms with Crippen LogP contribution in [0, 0.1) is 6.92 Å². The molecule has 0 saturated carbocycles. The van der Waals surface area contributed by atoms with E-state index in [1.165, 1.54) is 18.3 Å². The Balaban J connectivity index is 1.56. The summed E-state index contributed by atoms with van der Waals surface area (Å²) in [5.74, 6) is 0.594. The number of benzene rings is 2. The number of hydrogen-bond donors (Lipinski definition) is 0. The van der Waals surface area contributed by atoms with Gasteiger partial charge in [0, 0.05) is 31.8 Å². The number of aryl methyl sites for hydroxylation is 2. The average molecular weight is 441 g/mol. The summed E-state index contributed by atoms with van der Waals surface area (Å²) in [6.45, 7) is 4.07. The molecule has 1 aromatic heterocycles. The number of rotatable bonds is 5. The maximum absolute atomic E-state index is 13.1. The van der Waals surface area contributed by atoms with Crippen molar-refractivity contribution in [3.63, 3.8) is 0 Å². The Morgan fingerprint density at radius 1 is 1.23 bits per heavy atom. The molecule has 0 bridgehead atoms. The van der Waals surface area contributed by atoms with Gasteiger partial charge >= 0.3 is 0 Å². The highest BCUT2D eigenvalue weighted by molar-refractivity contribution is 7.89. The fourth-order valence-corrected chi connectivity index (χ4v) is 4.94. The zero-order chi connectivity index (χ0) is 22.2. The number of nitrogens with zero attached hydrogens (tertiary/aromatic N) is 4. The Hall–Kier alpha value is -3.04. The normalized spacial score (nSPS) is 14.0. The van der Waals surface area contributed by atoms with Gasteiger partial charge in [-0.3, -0.25) is 4.79 Å². The van der Waals surface area contributed by atoms with Crippen LogP contribution in [-0.4, -0.2) is 42.4 Å². The fourth-order valence-electron chi connectivity index (χ4n) is 3.77. The lowest BCUT2D eigenvalue weighted by molar-refractivity contribution is -0.116. The monoisotopic (exact) mass is 440 g/mol. The molecule has 162 valence electrons. The molecule has 0 aliphatic carbocycles. The smallest absolute Gasteiger partial charge is 0.243 e. The first-order valence-electron chi connectivity index (χ1n) is 10.0. The van der Waals surface area contributed by atoms with Crippen LogP contribution in [0.3, 0.4) is 0 Å². The van der Waals surface area contributed by atoms with Crippen LogP contribution in [0.25, 0.3) is 11.4 Å². The van der Waals surface area contributed by atoms with Crippen molar-refractivity contribution in [1.29, 1.82) is 0 Å². The standard InChI is InChI=1S/C22H24N4O4S/c1-15-7-4-5-9-19(15)22-23-21(30-24-22)14-25(3)31(28,29)18-10-11-20-17(13-18)8-6-12-26(20)16(2)27/h4-5,7,9-11,13H,6,8,12,14H2,1-3H3. The number of amides is 1. The minimum atomic E-state index is -3.77. The predicted molar refractivity (Wildman–Crippen MR) is 116 cm³/mol. The van der Waals surface area contributed by atoms with E-state index in [-0.39, 0.29) is 23.2 Å². The number of sulfonamides is 1. The molecule has 2 aromatic carbocycles. The molecule has 8 nitrogen and oxygen atoms in total. The van der Waals surface area contributed by atoms with Crippen LogP contribution >= 0.6 is 0 Å². The van der Waals surface area contributed by atoms with Gasteiger partial charge in [0.25, 0.3) is 0 Å². The topological polar surface area (TPSA) is 96.6 Å². The molecule has 4 rings (SSSR count). The van der Waals surface area contributed by atoms with Gasteiger partial charge < -0.3 is 9.42 Å². The van der Waals surface area contributed by atoms with Crippen LogP contribution in [0.5, 0.6) is 0 Å². The minimum absolute atomic E-state index is 0.0438. The summed E-state index contributed by atoms with van der Waals surface area (Å²) >= 11 is 0. The molecule has 2 heterocycles. The van der Waals surface area contributed by atoms with E-state index in [1.54, 1.807) is 23.1 Å². The van der Waals surface area contributed by atoms with E-state index in [1.807, 2.05) is 31.2 Å². The molecule has 0 spiro atoms. The van der Waals surface area contributed by atoms with Gasteiger partial charge in [-0.1, -0.05) is 29.4 Å². The molecule has 0 saturated heterocycles. The molecule has 0 radical (unpaired) electrons. The number of carbonyl (C=O) groups is 1. The van der Waals surface area contributed by atoms with Gasteiger partial charge in [-0.2, -0.15) is 9.29 Å². The first kappa shape index (κ1) is 21.2. The third-order valence-corrected chi connectivity index (χ3v) is 7.27. The lowest BCUT2D eigenvalue weighted by Crippen LogP contribution is -2.34. The lowest BCUT2D eigenvalue weighted by atomic mass is 10.0. The van der Waals surface area contributed by atoms with Crippen LogP contribution in [-0.2, 0) is 27.8 Å². The lowest BCUT2D eigenvalue weighted by Gasteiger charge is -2.29. The Kier molecular flexibility index (Phi) is 5.63. The second kappa shape index (κ2) is 8.24.